The Balaban J connectivity index is 1.89. The van der Waals surface area contributed by atoms with Crippen LogP contribution in [0.25, 0.3) is 0 Å². The van der Waals surface area contributed by atoms with Gasteiger partial charge in [0.25, 0.3) is 0 Å². The van der Waals surface area contributed by atoms with Crippen molar-refractivity contribution in [3.05, 3.63) is 48.0 Å². The fourth-order valence-corrected chi connectivity index (χ4v) is 1.93. The van der Waals surface area contributed by atoms with E-state index in [0.717, 1.165) is 0 Å². The van der Waals surface area contributed by atoms with Crippen LogP contribution in [0.2, 0.25) is 0 Å². The third-order valence-electron chi connectivity index (χ3n) is 3.04. The first-order valence-electron chi connectivity index (χ1n) is 5.93. The molecule has 4 nitrogen and oxygen atoms in total. The fraction of sp³-hybridized carbons (Fsp3) is 0.357. The van der Waals surface area contributed by atoms with E-state index in [4.69, 9.17) is 4.74 Å². The van der Waals surface area contributed by atoms with Crippen molar-refractivity contribution in [2.45, 2.75) is 18.6 Å². The molecule has 2 rings (SSSR count). The van der Waals surface area contributed by atoms with Crippen molar-refractivity contribution in [3.8, 4) is 0 Å². The molecule has 1 aliphatic carbocycles. The number of aliphatic hydroxyl groups is 2. The Morgan fingerprint density at radius 1 is 1.28 bits per heavy atom. The second kappa shape index (κ2) is 5.80. The van der Waals surface area contributed by atoms with Gasteiger partial charge in [-0.15, -0.1) is 0 Å². The minimum Gasteiger partial charge on any atom is -0.462 e. The summed E-state index contributed by atoms with van der Waals surface area (Å²) in [7, 11) is 0. The Morgan fingerprint density at radius 3 is 2.72 bits per heavy atom. The van der Waals surface area contributed by atoms with Crippen molar-refractivity contribution in [1.82, 2.24) is 0 Å². The summed E-state index contributed by atoms with van der Waals surface area (Å²) in [5, 5.41) is 19.2. The lowest BCUT2D eigenvalue weighted by molar-refractivity contribution is -0.0240. The molecule has 0 aromatic heterocycles. The van der Waals surface area contributed by atoms with Crippen molar-refractivity contribution in [3.63, 3.8) is 0 Å². The summed E-state index contributed by atoms with van der Waals surface area (Å²) in [6, 6.07) is 8.70. The highest BCUT2D eigenvalue weighted by atomic mass is 16.5. The van der Waals surface area contributed by atoms with Gasteiger partial charge in [-0.1, -0.05) is 30.4 Å². The van der Waals surface area contributed by atoms with Crippen LogP contribution in [-0.4, -0.2) is 35.0 Å². The molecule has 0 saturated carbocycles. The van der Waals surface area contributed by atoms with E-state index in [1.54, 1.807) is 36.4 Å². The molecule has 0 saturated heterocycles. The van der Waals surface area contributed by atoms with Crippen molar-refractivity contribution < 1.29 is 19.7 Å². The lowest BCUT2D eigenvalue weighted by atomic mass is 9.90. The van der Waals surface area contributed by atoms with Gasteiger partial charge in [0.2, 0.25) is 0 Å². The molecule has 0 bridgehead atoms. The van der Waals surface area contributed by atoms with E-state index in [2.05, 4.69) is 0 Å². The molecule has 1 aromatic rings. The third-order valence-corrected chi connectivity index (χ3v) is 3.04. The minimum atomic E-state index is -0.876. The molecular formula is C14H16O4. The average Bonchev–Trinajstić information content (AvgIpc) is 2.41. The quantitative estimate of drug-likeness (QED) is 0.622. The van der Waals surface area contributed by atoms with Crippen molar-refractivity contribution in [2.24, 2.45) is 5.92 Å². The predicted octanol–water partition coefficient (Wildman–Crippen LogP) is 1.14. The first kappa shape index (κ1) is 12.8. The van der Waals surface area contributed by atoms with Crippen LogP contribution in [0.15, 0.2) is 42.5 Å². The summed E-state index contributed by atoms with van der Waals surface area (Å²) >= 11 is 0. The van der Waals surface area contributed by atoms with Crippen LogP contribution >= 0.6 is 0 Å². The van der Waals surface area contributed by atoms with Gasteiger partial charge in [0.05, 0.1) is 24.4 Å². The maximum Gasteiger partial charge on any atom is 0.338 e. The largest absolute Gasteiger partial charge is 0.462 e. The monoisotopic (exact) mass is 248 g/mol. The highest BCUT2D eigenvalue weighted by Crippen LogP contribution is 2.20. The summed E-state index contributed by atoms with van der Waals surface area (Å²) in [6.07, 6.45) is 2.19. The summed E-state index contributed by atoms with van der Waals surface area (Å²) < 4.78 is 5.14. The number of benzene rings is 1. The summed E-state index contributed by atoms with van der Waals surface area (Å²) in [6.45, 7) is 0.107. The van der Waals surface area contributed by atoms with Crippen LogP contribution in [0.5, 0.6) is 0 Å². The zero-order valence-corrected chi connectivity index (χ0v) is 9.90. The smallest absolute Gasteiger partial charge is 0.338 e. The molecule has 0 spiro atoms. The van der Waals surface area contributed by atoms with Crippen LogP contribution in [0.1, 0.15) is 16.8 Å². The summed E-state index contributed by atoms with van der Waals surface area (Å²) in [4.78, 5) is 11.7. The molecule has 96 valence electrons. The highest BCUT2D eigenvalue weighted by Gasteiger charge is 2.28. The lowest BCUT2D eigenvalue weighted by Crippen LogP contribution is -2.37. The molecular weight excluding hydrogens is 232 g/mol. The van der Waals surface area contributed by atoms with Crippen LogP contribution < -0.4 is 0 Å². The Morgan fingerprint density at radius 2 is 2.00 bits per heavy atom. The first-order chi connectivity index (χ1) is 8.68. The fourth-order valence-electron chi connectivity index (χ4n) is 1.93. The van der Waals surface area contributed by atoms with E-state index >= 15 is 0 Å². The molecule has 0 aliphatic heterocycles. The van der Waals surface area contributed by atoms with E-state index in [1.165, 1.54) is 0 Å². The molecule has 1 aromatic carbocycles. The van der Waals surface area contributed by atoms with E-state index in [9.17, 15) is 15.0 Å². The Bertz CT molecular complexity index is 427. The van der Waals surface area contributed by atoms with Gasteiger partial charge in [-0.3, -0.25) is 0 Å². The minimum absolute atomic E-state index is 0.107. The van der Waals surface area contributed by atoms with Gasteiger partial charge in [-0.2, -0.15) is 0 Å². The molecule has 0 unspecified atom stereocenters. The van der Waals surface area contributed by atoms with Crippen LogP contribution in [0, 0.1) is 5.92 Å². The molecule has 0 fully saturated rings. The second-order valence-electron chi connectivity index (χ2n) is 4.37. The van der Waals surface area contributed by atoms with Gasteiger partial charge in [0.15, 0.2) is 0 Å². The number of ether oxygens (including phenoxy) is 1. The number of rotatable bonds is 3. The summed E-state index contributed by atoms with van der Waals surface area (Å²) in [5.74, 6) is -0.662. The third kappa shape index (κ3) is 2.97. The Labute approximate surface area is 106 Å². The second-order valence-corrected chi connectivity index (χ2v) is 4.37. The summed E-state index contributed by atoms with van der Waals surface area (Å²) in [5.41, 5.74) is 0.485. The Kier molecular flexibility index (Phi) is 4.12. The van der Waals surface area contributed by atoms with Crippen molar-refractivity contribution in [2.75, 3.05) is 6.61 Å². The van der Waals surface area contributed by atoms with E-state index in [0.29, 0.717) is 12.0 Å². The molecule has 1 aliphatic rings. The molecule has 0 amide bonds. The Hall–Kier alpha value is -1.65. The van der Waals surface area contributed by atoms with Gasteiger partial charge in [0, 0.05) is 5.92 Å². The van der Waals surface area contributed by atoms with Crippen LogP contribution in [0.4, 0.5) is 0 Å². The van der Waals surface area contributed by atoms with Gasteiger partial charge in [0.1, 0.15) is 0 Å². The number of aliphatic hydroxyl groups excluding tert-OH is 2. The molecule has 0 radical (unpaired) electrons. The number of carbonyl (C=O) groups is 1. The van der Waals surface area contributed by atoms with Gasteiger partial charge >= 0.3 is 5.97 Å². The number of esters is 1. The SMILES string of the molecule is O=C(OC[C@H]1CC=C[C@@H](O)[C@@H]1O)c1ccccc1. The zero-order valence-electron chi connectivity index (χ0n) is 9.90. The molecule has 18 heavy (non-hydrogen) atoms. The van der Waals surface area contributed by atoms with Crippen molar-refractivity contribution >= 4 is 5.97 Å². The van der Waals surface area contributed by atoms with E-state index < -0.39 is 18.2 Å². The van der Waals surface area contributed by atoms with Crippen LogP contribution in [-0.2, 0) is 4.74 Å². The lowest BCUT2D eigenvalue weighted by Gasteiger charge is -2.27. The standard InChI is InChI=1S/C14H16O4/c15-12-8-4-7-11(13(12)16)9-18-14(17)10-5-2-1-3-6-10/h1-6,8,11-13,15-16H,7,9H2/t11-,12-,13-/m1/s1. The number of hydrogen-bond acceptors (Lipinski definition) is 4. The van der Waals surface area contributed by atoms with E-state index in [-0.39, 0.29) is 12.5 Å². The number of hydrogen-bond donors (Lipinski definition) is 2. The molecule has 2 N–H and O–H groups in total. The molecule has 4 heteroatoms. The van der Waals surface area contributed by atoms with Gasteiger partial charge in [-0.05, 0) is 18.6 Å². The molecule has 3 atom stereocenters. The van der Waals surface area contributed by atoms with Gasteiger partial charge in [-0.25, -0.2) is 4.79 Å². The van der Waals surface area contributed by atoms with Crippen molar-refractivity contribution in [1.29, 1.82) is 0 Å². The maximum atomic E-state index is 11.7. The molecule has 0 heterocycles. The maximum absolute atomic E-state index is 11.7. The van der Waals surface area contributed by atoms with E-state index in [1.807, 2.05) is 6.07 Å². The normalized spacial score (nSPS) is 26.9. The number of allylic oxidation sites excluding steroid dienone is 1. The topological polar surface area (TPSA) is 66.8 Å². The average molecular weight is 248 g/mol. The zero-order chi connectivity index (χ0) is 13.0. The van der Waals surface area contributed by atoms with Gasteiger partial charge < -0.3 is 14.9 Å². The van der Waals surface area contributed by atoms with Crippen LogP contribution in [0.3, 0.4) is 0 Å². The predicted molar refractivity (Wildman–Crippen MR) is 66.0 cm³/mol. The number of carbonyl (C=O) groups excluding carboxylic acids is 1. The highest BCUT2D eigenvalue weighted by molar-refractivity contribution is 5.89. The first-order valence-corrected chi connectivity index (χ1v) is 5.93.